The molecule has 148 valence electrons. The first-order chi connectivity index (χ1) is 13.6. The highest BCUT2D eigenvalue weighted by atomic mass is 19.1. The summed E-state index contributed by atoms with van der Waals surface area (Å²) < 4.78 is 13.9. The Morgan fingerprint density at radius 1 is 1.11 bits per heavy atom. The third-order valence-corrected chi connectivity index (χ3v) is 4.88. The molecule has 7 heteroatoms. The number of aromatic nitrogens is 1. The molecule has 0 spiro atoms. The van der Waals surface area contributed by atoms with Crippen LogP contribution in [0.15, 0.2) is 42.6 Å². The summed E-state index contributed by atoms with van der Waals surface area (Å²) in [6.45, 7) is 4.27. The van der Waals surface area contributed by atoms with E-state index in [0.29, 0.717) is 39.1 Å². The maximum absolute atomic E-state index is 13.9. The van der Waals surface area contributed by atoms with Crippen molar-refractivity contribution in [2.45, 2.75) is 26.3 Å². The van der Waals surface area contributed by atoms with Crippen molar-refractivity contribution in [3.63, 3.8) is 0 Å². The number of urea groups is 1. The molecule has 0 bridgehead atoms. The topological polar surface area (TPSA) is 65.5 Å². The highest BCUT2D eigenvalue weighted by Gasteiger charge is 2.24. The molecule has 2 aromatic rings. The van der Waals surface area contributed by atoms with E-state index in [1.54, 1.807) is 28.1 Å². The molecule has 0 saturated carbocycles. The molecule has 1 aromatic heterocycles. The molecule has 0 aliphatic carbocycles. The van der Waals surface area contributed by atoms with Crippen LogP contribution in [0.25, 0.3) is 0 Å². The van der Waals surface area contributed by atoms with Gasteiger partial charge >= 0.3 is 6.03 Å². The molecule has 0 radical (unpaired) electrons. The first-order valence-corrected chi connectivity index (χ1v) is 9.59. The minimum Gasteiger partial charge on any atom is -0.337 e. The SMILES string of the molecule is CCc1ccnc(CNC(=O)N2CCCN(C(=O)c3ccccc3F)CC2)c1. The summed E-state index contributed by atoms with van der Waals surface area (Å²) in [5, 5.41) is 2.89. The van der Waals surface area contributed by atoms with Gasteiger partial charge in [0.25, 0.3) is 5.91 Å². The van der Waals surface area contributed by atoms with E-state index >= 15 is 0 Å². The van der Waals surface area contributed by atoms with Crippen LogP contribution in [0, 0.1) is 5.82 Å². The molecule has 1 N–H and O–H groups in total. The van der Waals surface area contributed by atoms with Gasteiger partial charge < -0.3 is 15.1 Å². The average molecular weight is 384 g/mol. The van der Waals surface area contributed by atoms with Crippen molar-refractivity contribution in [1.82, 2.24) is 20.1 Å². The number of nitrogens with zero attached hydrogens (tertiary/aromatic N) is 3. The fraction of sp³-hybridized carbons (Fsp3) is 0.381. The highest BCUT2D eigenvalue weighted by molar-refractivity contribution is 5.94. The molecular weight excluding hydrogens is 359 g/mol. The molecule has 0 unspecified atom stereocenters. The second-order valence-electron chi connectivity index (χ2n) is 6.78. The second kappa shape index (κ2) is 9.30. The van der Waals surface area contributed by atoms with Crippen molar-refractivity contribution in [3.05, 3.63) is 65.2 Å². The number of rotatable bonds is 4. The smallest absolute Gasteiger partial charge is 0.317 e. The lowest BCUT2D eigenvalue weighted by Gasteiger charge is -2.22. The van der Waals surface area contributed by atoms with E-state index in [4.69, 9.17) is 0 Å². The molecule has 1 saturated heterocycles. The summed E-state index contributed by atoms with van der Waals surface area (Å²) >= 11 is 0. The zero-order chi connectivity index (χ0) is 19.9. The van der Waals surface area contributed by atoms with Gasteiger partial charge in [0, 0.05) is 32.4 Å². The number of pyridine rings is 1. The summed E-state index contributed by atoms with van der Waals surface area (Å²) in [6, 6.07) is 9.75. The van der Waals surface area contributed by atoms with Gasteiger partial charge in [-0.15, -0.1) is 0 Å². The Labute approximate surface area is 164 Å². The number of nitrogens with one attached hydrogen (secondary N) is 1. The van der Waals surface area contributed by atoms with Crippen LogP contribution in [0.4, 0.5) is 9.18 Å². The quantitative estimate of drug-likeness (QED) is 0.882. The van der Waals surface area contributed by atoms with Gasteiger partial charge in [0.1, 0.15) is 5.82 Å². The third kappa shape index (κ3) is 4.85. The van der Waals surface area contributed by atoms with Crippen molar-refractivity contribution in [2.24, 2.45) is 0 Å². The summed E-state index contributed by atoms with van der Waals surface area (Å²) in [7, 11) is 0. The van der Waals surface area contributed by atoms with Gasteiger partial charge in [-0.1, -0.05) is 19.1 Å². The lowest BCUT2D eigenvalue weighted by Crippen LogP contribution is -2.42. The number of aryl methyl sites for hydroxylation is 1. The van der Waals surface area contributed by atoms with Gasteiger partial charge in [-0.25, -0.2) is 9.18 Å². The lowest BCUT2D eigenvalue weighted by atomic mass is 10.2. The van der Waals surface area contributed by atoms with E-state index in [2.05, 4.69) is 17.2 Å². The van der Waals surface area contributed by atoms with Crippen LogP contribution in [0.2, 0.25) is 0 Å². The summed E-state index contributed by atoms with van der Waals surface area (Å²) in [4.78, 5) is 32.7. The Hall–Kier alpha value is -2.96. The van der Waals surface area contributed by atoms with Crippen LogP contribution in [0.5, 0.6) is 0 Å². The van der Waals surface area contributed by atoms with Crippen molar-refractivity contribution in [2.75, 3.05) is 26.2 Å². The van der Waals surface area contributed by atoms with Gasteiger partial charge in [-0.2, -0.15) is 0 Å². The van der Waals surface area contributed by atoms with Crippen LogP contribution in [-0.4, -0.2) is 52.9 Å². The van der Waals surface area contributed by atoms with Gasteiger partial charge in [-0.05, 0) is 42.7 Å². The fourth-order valence-corrected chi connectivity index (χ4v) is 3.25. The Morgan fingerprint density at radius 3 is 2.64 bits per heavy atom. The Kier molecular flexibility index (Phi) is 6.57. The van der Waals surface area contributed by atoms with Gasteiger partial charge in [-0.3, -0.25) is 9.78 Å². The van der Waals surface area contributed by atoms with E-state index in [1.165, 1.54) is 17.7 Å². The Bertz CT molecular complexity index is 843. The number of amides is 3. The molecule has 2 heterocycles. The van der Waals surface area contributed by atoms with Crippen LogP contribution in [-0.2, 0) is 13.0 Å². The maximum Gasteiger partial charge on any atom is 0.317 e. The molecule has 6 nitrogen and oxygen atoms in total. The Morgan fingerprint density at radius 2 is 1.86 bits per heavy atom. The number of carbonyl (C=O) groups is 2. The van der Waals surface area contributed by atoms with Gasteiger partial charge in [0.05, 0.1) is 17.8 Å². The van der Waals surface area contributed by atoms with E-state index in [0.717, 1.165) is 12.1 Å². The predicted molar refractivity (Wildman–Crippen MR) is 104 cm³/mol. The number of benzene rings is 1. The highest BCUT2D eigenvalue weighted by Crippen LogP contribution is 2.13. The van der Waals surface area contributed by atoms with Gasteiger partial charge in [0.15, 0.2) is 0 Å². The van der Waals surface area contributed by atoms with Crippen molar-refractivity contribution in [1.29, 1.82) is 0 Å². The van der Waals surface area contributed by atoms with E-state index in [1.807, 2.05) is 12.1 Å². The zero-order valence-electron chi connectivity index (χ0n) is 16.0. The minimum atomic E-state index is -0.520. The average Bonchev–Trinajstić information content (AvgIpc) is 2.98. The molecule has 3 amide bonds. The first kappa shape index (κ1) is 19.8. The molecule has 1 aliphatic heterocycles. The molecule has 28 heavy (non-hydrogen) atoms. The predicted octanol–water partition coefficient (Wildman–Crippen LogP) is 2.84. The van der Waals surface area contributed by atoms with E-state index < -0.39 is 5.82 Å². The van der Waals surface area contributed by atoms with E-state index in [-0.39, 0.29) is 17.5 Å². The third-order valence-electron chi connectivity index (χ3n) is 4.88. The first-order valence-electron chi connectivity index (χ1n) is 9.59. The lowest BCUT2D eigenvalue weighted by molar-refractivity contribution is 0.0757. The molecule has 1 aromatic carbocycles. The fourth-order valence-electron chi connectivity index (χ4n) is 3.25. The molecule has 3 rings (SSSR count). The molecule has 1 aliphatic rings. The number of hydrogen-bond donors (Lipinski definition) is 1. The molecule has 0 atom stereocenters. The minimum absolute atomic E-state index is 0.0716. The van der Waals surface area contributed by atoms with Crippen molar-refractivity contribution < 1.29 is 14.0 Å². The zero-order valence-corrected chi connectivity index (χ0v) is 16.0. The number of hydrogen-bond acceptors (Lipinski definition) is 3. The van der Waals surface area contributed by atoms with Crippen LogP contribution in [0.1, 0.15) is 35.0 Å². The number of carbonyl (C=O) groups excluding carboxylic acids is 2. The molecule has 1 fully saturated rings. The van der Waals surface area contributed by atoms with Crippen LogP contribution in [0.3, 0.4) is 0 Å². The second-order valence-corrected chi connectivity index (χ2v) is 6.78. The monoisotopic (exact) mass is 384 g/mol. The van der Waals surface area contributed by atoms with Crippen LogP contribution >= 0.6 is 0 Å². The Balaban J connectivity index is 1.55. The van der Waals surface area contributed by atoms with E-state index in [9.17, 15) is 14.0 Å². The maximum atomic E-state index is 13.9. The molecular formula is C21H25FN4O2. The largest absolute Gasteiger partial charge is 0.337 e. The summed E-state index contributed by atoms with van der Waals surface area (Å²) in [5.41, 5.74) is 2.07. The summed E-state index contributed by atoms with van der Waals surface area (Å²) in [6.07, 6.45) is 3.32. The normalized spacial score (nSPS) is 14.5. The summed E-state index contributed by atoms with van der Waals surface area (Å²) in [5.74, 6) is -0.853. The number of halogens is 1. The van der Waals surface area contributed by atoms with Gasteiger partial charge in [0.2, 0.25) is 0 Å². The van der Waals surface area contributed by atoms with Crippen molar-refractivity contribution >= 4 is 11.9 Å². The van der Waals surface area contributed by atoms with Crippen molar-refractivity contribution in [3.8, 4) is 0 Å². The van der Waals surface area contributed by atoms with Crippen LogP contribution < -0.4 is 5.32 Å². The standard InChI is InChI=1S/C21H25FN4O2/c1-2-16-8-9-23-17(14-16)15-24-21(28)26-11-5-10-25(12-13-26)20(27)18-6-3-4-7-19(18)22/h3-4,6-9,14H,2,5,10-13,15H2,1H3,(H,24,28).